The first-order valence-corrected chi connectivity index (χ1v) is 8.38. The van der Waals surface area contributed by atoms with Crippen LogP contribution < -0.4 is 14.8 Å². The number of carbonyl (C=O) groups is 2. The van der Waals surface area contributed by atoms with Gasteiger partial charge in [0.05, 0.1) is 31.9 Å². The molecule has 1 aliphatic heterocycles. The molecule has 2 atom stereocenters. The number of nitrogens with one attached hydrogen (secondary N) is 1. The van der Waals surface area contributed by atoms with Crippen LogP contribution in [0.4, 0.5) is 5.69 Å². The maximum atomic E-state index is 12.9. The van der Waals surface area contributed by atoms with Crippen LogP contribution in [-0.2, 0) is 9.59 Å². The normalized spacial score (nSPS) is 19.3. The number of rotatable bonds is 5. The van der Waals surface area contributed by atoms with Crippen LogP contribution in [-0.4, -0.2) is 38.0 Å². The van der Waals surface area contributed by atoms with Gasteiger partial charge in [-0.15, -0.1) is 0 Å². The molecule has 2 aromatic carbocycles. The van der Waals surface area contributed by atoms with E-state index in [2.05, 4.69) is 5.32 Å². The number of hydrogen-bond donors (Lipinski definition) is 1. The van der Waals surface area contributed by atoms with E-state index in [4.69, 9.17) is 9.47 Å². The van der Waals surface area contributed by atoms with Crippen molar-refractivity contribution in [1.29, 1.82) is 0 Å². The molecule has 0 bridgehead atoms. The largest absolute Gasteiger partial charge is 0.497 e. The van der Waals surface area contributed by atoms with Gasteiger partial charge in [0.15, 0.2) is 0 Å². The third-order valence-electron chi connectivity index (χ3n) is 4.73. The maximum absolute atomic E-state index is 12.9. The van der Waals surface area contributed by atoms with Crippen molar-refractivity contribution in [3.05, 3.63) is 54.1 Å². The second-order valence-corrected chi connectivity index (χ2v) is 6.23. The monoisotopic (exact) mass is 354 g/mol. The van der Waals surface area contributed by atoms with Gasteiger partial charge in [-0.25, -0.2) is 0 Å². The Morgan fingerprint density at radius 3 is 2.50 bits per heavy atom. The summed E-state index contributed by atoms with van der Waals surface area (Å²) < 4.78 is 10.5. The van der Waals surface area contributed by atoms with Gasteiger partial charge in [-0.05, 0) is 17.7 Å². The fourth-order valence-corrected chi connectivity index (χ4v) is 3.34. The van der Waals surface area contributed by atoms with E-state index in [1.165, 1.54) is 7.11 Å². The maximum Gasteiger partial charge on any atom is 0.230 e. The molecule has 3 rings (SSSR count). The fraction of sp³-hybridized carbons (Fsp3) is 0.300. The van der Waals surface area contributed by atoms with Crippen molar-refractivity contribution < 1.29 is 19.1 Å². The van der Waals surface area contributed by atoms with Crippen molar-refractivity contribution in [3.63, 3.8) is 0 Å². The van der Waals surface area contributed by atoms with Crippen molar-refractivity contribution >= 4 is 17.5 Å². The minimum absolute atomic E-state index is 0.0410. The van der Waals surface area contributed by atoms with Gasteiger partial charge in [-0.3, -0.25) is 9.59 Å². The quantitative estimate of drug-likeness (QED) is 0.896. The molecule has 1 N–H and O–H groups in total. The molecular weight excluding hydrogens is 332 g/mol. The van der Waals surface area contributed by atoms with E-state index in [0.29, 0.717) is 17.2 Å². The van der Waals surface area contributed by atoms with Gasteiger partial charge in [0.25, 0.3) is 0 Å². The molecule has 2 unspecified atom stereocenters. The summed E-state index contributed by atoms with van der Waals surface area (Å²) in [5.41, 5.74) is 1.50. The van der Waals surface area contributed by atoms with E-state index in [9.17, 15) is 9.59 Å². The van der Waals surface area contributed by atoms with E-state index in [0.717, 1.165) is 5.56 Å². The van der Waals surface area contributed by atoms with E-state index in [-0.39, 0.29) is 24.3 Å². The standard InChI is InChI=1S/C20H22N2O4/c1-22-18(23)12-15(19(22)13-7-5-4-6-8-13)20(24)21-16-10-9-14(25-2)11-17(16)26-3/h4-11,15,19H,12H2,1-3H3,(H,21,24). The van der Waals surface area contributed by atoms with Crippen LogP contribution in [0.15, 0.2) is 48.5 Å². The van der Waals surface area contributed by atoms with E-state index < -0.39 is 5.92 Å². The predicted molar refractivity (Wildman–Crippen MR) is 98.2 cm³/mol. The lowest BCUT2D eigenvalue weighted by atomic mass is 9.93. The molecule has 1 aliphatic rings. The van der Waals surface area contributed by atoms with Crippen LogP contribution in [0.3, 0.4) is 0 Å². The van der Waals surface area contributed by atoms with Crippen molar-refractivity contribution in [3.8, 4) is 11.5 Å². The molecular formula is C20H22N2O4. The second-order valence-electron chi connectivity index (χ2n) is 6.23. The highest BCUT2D eigenvalue weighted by Gasteiger charge is 2.42. The minimum Gasteiger partial charge on any atom is -0.497 e. The zero-order valence-corrected chi connectivity index (χ0v) is 15.1. The van der Waals surface area contributed by atoms with Crippen molar-refractivity contribution in [1.82, 2.24) is 4.90 Å². The Labute approximate surface area is 152 Å². The predicted octanol–water partition coefficient (Wildman–Crippen LogP) is 2.86. The Kier molecular flexibility index (Phi) is 5.11. The van der Waals surface area contributed by atoms with Crippen LogP contribution in [0, 0.1) is 5.92 Å². The SMILES string of the molecule is COc1ccc(NC(=O)C2CC(=O)N(C)C2c2ccccc2)c(OC)c1. The molecule has 0 radical (unpaired) electrons. The number of methoxy groups -OCH3 is 2. The molecule has 0 aliphatic carbocycles. The van der Waals surface area contributed by atoms with Crippen LogP contribution in [0.25, 0.3) is 0 Å². The smallest absolute Gasteiger partial charge is 0.230 e. The fourth-order valence-electron chi connectivity index (χ4n) is 3.34. The minimum atomic E-state index is -0.471. The first kappa shape index (κ1) is 17.8. The Balaban J connectivity index is 1.86. The topological polar surface area (TPSA) is 67.9 Å². The number of likely N-dealkylation sites (tertiary alicyclic amines) is 1. The number of carbonyl (C=O) groups excluding carboxylic acids is 2. The molecule has 6 nitrogen and oxygen atoms in total. The van der Waals surface area contributed by atoms with Gasteiger partial charge in [0.1, 0.15) is 11.5 Å². The average molecular weight is 354 g/mol. The third kappa shape index (κ3) is 3.35. The highest BCUT2D eigenvalue weighted by atomic mass is 16.5. The van der Waals surface area contributed by atoms with Crippen molar-refractivity contribution in [2.75, 3.05) is 26.6 Å². The van der Waals surface area contributed by atoms with Crippen molar-refractivity contribution in [2.45, 2.75) is 12.5 Å². The van der Waals surface area contributed by atoms with Crippen LogP contribution >= 0.6 is 0 Å². The van der Waals surface area contributed by atoms with E-state index in [1.807, 2.05) is 30.3 Å². The summed E-state index contributed by atoms with van der Waals surface area (Å²) in [6, 6.07) is 14.5. The molecule has 0 saturated carbocycles. The van der Waals surface area contributed by atoms with Crippen LogP contribution in [0.5, 0.6) is 11.5 Å². The van der Waals surface area contributed by atoms with Gasteiger partial charge >= 0.3 is 0 Å². The third-order valence-corrected chi connectivity index (χ3v) is 4.73. The molecule has 6 heteroatoms. The van der Waals surface area contributed by atoms with Crippen molar-refractivity contribution in [2.24, 2.45) is 5.92 Å². The number of benzene rings is 2. The molecule has 136 valence electrons. The van der Waals surface area contributed by atoms with Gasteiger partial charge in [-0.2, -0.15) is 0 Å². The van der Waals surface area contributed by atoms with Gasteiger partial charge in [0.2, 0.25) is 11.8 Å². The Morgan fingerprint density at radius 1 is 1.12 bits per heavy atom. The molecule has 0 spiro atoms. The molecule has 26 heavy (non-hydrogen) atoms. The zero-order chi connectivity index (χ0) is 18.7. The number of hydrogen-bond acceptors (Lipinski definition) is 4. The number of amides is 2. The Morgan fingerprint density at radius 2 is 1.85 bits per heavy atom. The summed E-state index contributed by atoms with van der Waals surface area (Å²) in [6.45, 7) is 0. The molecule has 2 amide bonds. The molecule has 1 heterocycles. The van der Waals surface area contributed by atoms with E-state index in [1.54, 1.807) is 37.3 Å². The lowest BCUT2D eigenvalue weighted by Gasteiger charge is -2.25. The molecule has 2 aromatic rings. The summed E-state index contributed by atoms with van der Waals surface area (Å²) in [5.74, 6) is 0.423. The Hall–Kier alpha value is -3.02. The molecule has 1 fully saturated rings. The number of ether oxygens (including phenoxy) is 2. The van der Waals surface area contributed by atoms with Crippen LogP contribution in [0.2, 0.25) is 0 Å². The van der Waals surface area contributed by atoms with Crippen LogP contribution in [0.1, 0.15) is 18.0 Å². The summed E-state index contributed by atoms with van der Waals surface area (Å²) >= 11 is 0. The van der Waals surface area contributed by atoms with Gasteiger partial charge in [-0.1, -0.05) is 30.3 Å². The number of nitrogens with zero attached hydrogens (tertiary/aromatic N) is 1. The summed E-state index contributed by atoms with van der Waals surface area (Å²) in [4.78, 5) is 26.8. The number of anilines is 1. The van der Waals surface area contributed by atoms with Gasteiger partial charge in [0, 0.05) is 19.5 Å². The lowest BCUT2D eigenvalue weighted by Crippen LogP contribution is -2.30. The Bertz CT molecular complexity index is 807. The summed E-state index contributed by atoms with van der Waals surface area (Å²) in [7, 11) is 4.84. The highest BCUT2D eigenvalue weighted by molar-refractivity contribution is 5.98. The second kappa shape index (κ2) is 7.47. The first-order valence-electron chi connectivity index (χ1n) is 8.38. The summed E-state index contributed by atoms with van der Waals surface area (Å²) in [6.07, 6.45) is 0.181. The molecule has 0 aromatic heterocycles. The lowest BCUT2D eigenvalue weighted by molar-refractivity contribution is -0.127. The first-order chi connectivity index (χ1) is 12.5. The zero-order valence-electron chi connectivity index (χ0n) is 15.1. The van der Waals surface area contributed by atoms with E-state index >= 15 is 0 Å². The summed E-state index contributed by atoms with van der Waals surface area (Å²) in [5, 5.41) is 2.90. The highest BCUT2D eigenvalue weighted by Crippen LogP contribution is 2.38. The molecule has 1 saturated heterocycles. The van der Waals surface area contributed by atoms with Gasteiger partial charge < -0.3 is 19.7 Å². The average Bonchev–Trinajstić information content (AvgIpc) is 2.97.